The van der Waals surface area contributed by atoms with E-state index in [2.05, 4.69) is 10.2 Å². The fourth-order valence-electron chi connectivity index (χ4n) is 2.54. The molecule has 0 amide bonds. The first kappa shape index (κ1) is 20.2. The van der Waals surface area contributed by atoms with Crippen LogP contribution in [0, 0.1) is 0 Å². The van der Waals surface area contributed by atoms with Crippen LogP contribution in [-0.2, 0) is 13.2 Å². The predicted octanol–water partition coefficient (Wildman–Crippen LogP) is 4.51. The topological polar surface area (TPSA) is 66.2 Å². The van der Waals surface area contributed by atoms with Gasteiger partial charge in [0.1, 0.15) is 18.1 Å². The number of thioether (sulfide) groups is 1. The molecule has 0 aliphatic carbocycles. The van der Waals surface area contributed by atoms with E-state index in [1.807, 2.05) is 23.6 Å². The largest absolute Gasteiger partial charge is 0.497 e. The second-order valence-electron chi connectivity index (χ2n) is 5.80. The van der Waals surface area contributed by atoms with Crippen molar-refractivity contribution >= 4 is 29.1 Å². The van der Waals surface area contributed by atoms with Crippen molar-refractivity contribution in [3.05, 3.63) is 64.9 Å². The first-order valence-electron chi connectivity index (χ1n) is 8.71. The Morgan fingerprint density at radius 2 is 1.89 bits per heavy atom. The molecule has 0 bridgehead atoms. The minimum atomic E-state index is 0.0205. The fraction of sp³-hybridized carbons (Fsp3) is 0.250. The summed E-state index contributed by atoms with van der Waals surface area (Å²) < 4.78 is 12.8. The molecule has 28 heavy (non-hydrogen) atoms. The Balaban J connectivity index is 1.63. The van der Waals surface area contributed by atoms with Gasteiger partial charge in [-0.2, -0.15) is 0 Å². The Bertz CT molecular complexity index is 944. The zero-order valence-corrected chi connectivity index (χ0v) is 17.2. The van der Waals surface area contributed by atoms with Gasteiger partial charge < -0.3 is 14.0 Å². The van der Waals surface area contributed by atoms with Crippen LogP contribution in [0.15, 0.2) is 53.7 Å². The highest BCUT2D eigenvalue weighted by Crippen LogP contribution is 2.25. The molecule has 0 saturated heterocycles. The van der Waals surface area contributed by atoms with Crippen LogP contribution in [0.3, 0.4) is 0 Å². The normalized spacial score (nSPS) is 10.7. The Labute approximate surface area is 172 Å². The first-order chi connectivity index (χ1) is 13.6. The summed E-state index contributed by atoms with van der Waals surface area (Å²) in [6.07, 6.45) is 0. The molecular weight excluding hydrogens is 398 g/mol. The van der Waals surface area contributed by atoms with E-state index < -0.39 is 0 Å². The summed E-state index contributed by atoms with van der Waals surface area (Å²) in [5, 5.41) is 9.64. The molecule has 0 spiro atoms. The molecule has 0 atom stereocenters. The molecular formula is C20H20ClN3O3S. The number of carbonyl (C=O) groups excluding carboxylic acids is 1. The highest BCUT2D eigenvalue weighted by molar-refractivity contribution is 7.99. The van der Waals surface area contributed by atoms with Gasteiger partial charge in [-0.3, -0.25) is 4.79 Å². The van der Waals surface area contributed by atoms with Gasteiger partial charge in [-0.05, 0) is 43.3 Å². The monoisotopic (exact) mass is 417 g/mol. The van der Waals surface area contributed by atoms with Crippen LogP contribution in [0.5, 0.6) is 11.5 Å². The summed E-state index contributed by atoms with van der Waals surface area (Å²) in [6.45, 7) is 2.92. The van der Waals surface area contributed by atoms with Crippen LogP contribution >= 0.6 is 23.4 Å². The van der Waals surface area contributed by atoms with E-state index >= 15 is 0 Å². The molecule has 0 N–H and O–H groups in total. The van der Waals surface area contributed by atoms with Crippen molar-refractivity contribution in [2.45, 2.75) is 25.2 Å². The maximum absolute atomic E-state index is 12.4. The van der Waals surface area contributed by atoms with Gasteiger partial charge in [0.25, 0.3) is 0 Å². The molecule has 0 aliphatic heterocycles. The van der Waals surface area contributed by atoms with Gasteiger partial charge in [0.15, 0.2) is 16.8 Å². The van der Waals surface area contributed by atoms with E-state index in [1.54, 1.807) is 43.5 Å². The molecule has 0 fully saturated rings. The minimum Gasteiger partial charge on any atom is -0.497 e. The Hall–Kier alpha value is -2.51. The third kappa shape index (κ3) is 4.85. The second-order valence-corrected chi connectivity index (χ2v) is 7.15. The molecule has 2 aromatic carbocycles. The number of ether oxygens (including phenoxy) is 2. The van der Waals surface area contributed by atoms with Gasteiger partial charge >= 0.3 is 0 Å². The number of para-hydroxylation sites is 1. The highest BCUT2D eigenvalue weighted by Gasteiger charge is 2.15. The van der Waals surface area contributed by atoms with E-state index in [0.717, 1.165) is 5.75 Å². The number of aromatic nitrogens is 3. The number of nitrogens with zero attached hydrogens (tertiary/aromatic N) is 3. The molecule has 1 heterocycles. The minimum absolute atomic E-state index is 0.0205. The second kappa shape index (κ2) is 9.61. The van der Waals surface area contributed by atoms with Crippen molar-refractivity contribution in [3.63, 3.8) is 0 Å². The van der Waals surface area contributed by atoms with Gasteiger partial charge in [0.2, 0.25) is 0 Å². The zero-order valence-electron chi connectivity index (χ0n) is 15.6. The molecule has 3 aromatic rings. The number of carbonyl (C=O) groups is 1. The maximum Gasteiger partial charge on any atom is 0.191 e. The lowest BCUT2D eigenvalue weighted by atomic mass is 10.1. The van der Waals surface area contributed by atoms with E-state index in [0.29, 0.717) is 33.9 Å². The smallest absolute Gasteiger partial charge is 0.191 e. The quantitative estimate of drug-likeness (QED) is 0.377. The van der Waals surface area contributed by atoms with Gasteiger partial charge in [0, 0.05) is 12.1 Å². The molecule has 146 valence electrons. The molecule has 8 heteroatoms. The summed E-state index contributed by atoms with van der Waals surface area (Å²) >= 11 is 7.47. The molecule has 3 rings (SSSR count). The molecule has 0 saturated carbocycles. The molecule has 6 nitrogen and oxygen atoms in total. The van der Waals surface area contributed by atoms with E-state index in [1.165, 1.54) is 11.8 Å². The summed E-state index contributed by atoms with van der Waals surface area (Å²) in [5.41, 5.74) is 0.637. The molecule has 0 unspecified atom stereocenters. The number of hydrogen-bond donors (Lipinski definition) is 0. The molecule has 0 radical (unpaired) electrons. The maximum atomic E-state index is 12.4. The third-order valence-corrected chi connectivity index (χ3v) is 5.33. The van der Waals surface area contributed by atoms with Crippen molar-refractivity contribution in [1.82, 2.24) is 14.8 Å². The number of benzene rings is 2. The average Bonchev–Trinajstić information content (AvgIpc) is 3.13. The van der Waals surface area contributed by atoms with Crippen molar-refractivity contribution in [1.29, 1.82) is 0 Å². The van der Waals surface area contributed by atoms with Crippen LogP contribution in [0.25, 0.3) is 0 Å². The number of Topliss-reactive ketones (excluding diaryl/α,β-unsaturated/α-hetero) is 1. The Morgan fingerprint density at radius 1 is 1.14 bits per heavy atom. The first-order valence-corrected chi connectivity index (χ1v) is 10.1. The van der Waals surface area contributed by atoms with Gasteiger partial charge in [-0.1, -0.05) is 35.5 Å². The summed E-state index contributed by atoms with van der Waals surface area (Å²) in [5.74, 6) is 2.29. The van der Waals surface area contributed by atoms with Crippen molar-refractivity contribution < 1.29 is 14.3 Å². The summed E-state index contributed by atoms with van der Waals surface area (Å²) in [7, 11) is 1.59. The number of halogens is 1. The lowest BCUT2D eigenvalue weighted by Gasteiger charge is -2.09. The summed E-state index contributed by atoms with van der Waals surface area (Å²) in [6, 6.07) is 14.3. The number of methoxy groups -OCH3 is 1. The average molecular weight is 418 g/mol. The van der Waals surface area contributed by atoms with E-state index in [9.17, 15) is 4.79 Å². The van der Waals surface area contributed by atoms with Crippen molar-refractivity contribution in [2.75, 3.05) is 12.9 Å². The van der Waals surface area contributed by atoms with Crippen molar-refractivity contribution in [3.8, 4) is 11.5 Å². The zero-order chi connectivity index (χ0) is 19.9. The number of ketones is 1. The van der Waals surface area contributed by atoms with Crippen LogP contribution in [0.1, 0.15) is 23.1 Å². The lowest BCUT2D eigenvalue weighted by molar-refractivity contribution is 0.102. The fourth-order valence-corrected chi connectivity index (χ4v) is 3.65. The lowest BCUT2D eigenvalue weighted by Crippen LogP contribution is -2.08. The van der Waals surface area contributed by atoms with Crippen LogP contribution < -0.4 is 9.47 Å². The van der Waals surface area contributed by atoms with Crippen LogP contribution in [-0.4, -0.2) is 33.4 Å². The SMILES string of the molecule is CCn1c(COc2ccccc2Cl)nnc1SCC(=O)c1ccc(OC)cc1. The number of rotatable bonds is 9. The summed E-state index contributed by atoms with van der Waals surface area (Å²) in [4.78, 5) is 12.4. The van der Waals surface area contributed by atoms with E-state index in [-0.39, 0.29) is 18.1 Å². The van der Waals surface area contributed by atoms with Gasteiger partial charge in [-0.25, -0.2) is 0 Å². The van der Waals surface area contributed by atoms with E-state index in [4.69, 9.17) is 21.1 Å². The predicted molar refractivity (Wildman–Crippen MR) is 110 cm³/mol. The van der Waals surface area contributed by atoms with Crippen LogP contribution in [0.2, 0.25) is 5.02 Å². The van der Waals surface area contributed by atoms with Crippen LogP contribution in [0.4, 0.5) is 0 Å². The van der Waals surface area contributed by atoms with Crippen molar-refractivity contribution in [2.24, 2.45) is 0 Å². The Morgan fingerprint density at radius 3 is 2.57 bits per heavy atom. The Kier molecular flexibility index (Phi) is 6.95. The third-order valence-electron chi connectivity index (χ3n) is 4.05. The number of hydrogen-bond acceptors (Lipinski definition) is 6. The van der Waals surface area contributed by atoms with Gasteiger partial charge in [-0.15, -0.1) is 10.2 Å². The standard InChI is InChI=1S/C20H20ClN3O3S/c1-3-24-19(12-27-18-7-5-4-6-16(18)21)22-23-20(24)28-13-17(25)14-8-10-15(26-2)11-9-14/h4-11H,3,12-13H2,1-2H3. The molecule has 0 aliphatic rings. The highest BCUT2D eigenvalue weighted by atomic mass is 35.5. The molecule has 1 aromatic heterocycles. The van der Waals surface area contributed by atoms with Gasteiger partial charge in [0.05, 0.1) is 17.9 Å².